The van der Waals surface area contributed by atoms with Gasteiger partial charge >= 0.3 is 0 Å². The van der Waals surface area contributed by atoms with Crippen molar-refractivity contribution in [2.45, 2.75) is 39.0 Å². The minimum atomic E-state index is -0.261. The molecule has 1 aromatic carbocycles. The van der Waals surface area contributed by atoms with Crippen molar-refractivity contribution < 1.29 is 4.39 Å². The molecular weight excluding hydrogens is 563 g/mol. The highest BCUT2D eigenvalue weighted by molar-refractivity contribution is 5.93. The molecule has 0 spiro atoms. The molecule has 0 radical (unpaired) electrons. The molecule has 0 atom stereocenters. The van der Waals surface area contributed by atoms with Gasteiger partial charge in [0.15, 0.2) is 5.82 Å². The number of rotatable bonds is 11. The predicted octanol–water partition coefficient (Wildman–Crippen LogP) is 6.51. The van der Waals surface area contributed by atoms with Crippen molar-refractivity contribution in [1.82, 2.24) is 40.3 Å². The molecule has 9 heteroatoms. The van der Waals surface area contributed by atoms with Crippen molar-refractivity contribution in [3.63, 3.8) is 0 Å². The number of aromatic nitrogens is 6. The first-order chi connectivity index (χ1) is 21.9. The second-order valence-corrected chi connectivity index (χ2v) is 12.3. The van der Waals surface area contributed by atoms with Gasteiger partial charge in [-0.25, -0.2) is 9.37 Å². The zero-order chi connectivity index (χ0) is 31.3. The Morgan fingerprint density at radius 2 is 1.91 bits per heavy atom. The van der Waals surface area contributed by atoms with Gasteiger partial charge in [-0.3, -0.25) is 15.1 Å². The average Bonchev–Trinajstić information content (AvgIpc) is 3.63. The highest BCUT2D eigenvalue weighted by Crippen LogP contribution is 2.32. The highest BCUT2D eigenvalue weighted by atomic mass is 19.1. The first kappa shape index (κ1) is 30.6. The van der Waals surface area contributed by atoms with Crippen molar-refractivity contribution >= 4 is 16.5 Å². The van der Waals surface area contributed by atoms with Crippen LogP contribution >= 0.6 is 0 Å². The maximum atomic E-state index is 14.8. The third-order valence-electron chi connectivity index (χ3n) is 8.51. The average molecular weight is 605 g/mol. The number of pyridine rings is 2. The van der Waals surface area contributed by atoms with E-state index in [1.807, 2.05) is 51.8 Å². The monoisotopic (exact) mass is 604 g/mol. The molecule has 0 bridgehead atoms. The first-order valence-corrected chi connectivity index (χ1v) is 15.7. The normalized spacial score (nSPS) is 14.5. The Morgan fingerprint density at radius 1 is 1.07 bits per heavy atom. The highest BCUT2D eigenvalue weighted by Gasteiger charge is 2.20. The van der Waals surface area contributed by atoms with Crippen molar-refractivity contribution in [3.8, 4) is 22.8 Å². The van der Waals surface area contributed by atoms with Gasteiger partial charge in [-0.1, -0.05) is 24.8 Å². The maximum Gasteiger partial charge on any atom is 0.159 e. The fraction of sp³-hybridized carbons (Fsp3) is 0.333. The quantitative estimate of drug-likeness (QED) is 0.149. The van der Waals surface area contributed by atoms with E-state index in [-0.39, 0.29) is 5.82 Å². The fourth-order valence-corrected chi connectivity index (χ4v) is 6.23. The van der Waals surface area contributed by atoms with Crippen LogP contribution in [0.5, 0.6) is 0 Å². The number of allylic oxidation sites excluding steroid dienone is 2. The van der Waals surface area contributed by atoms with Gasteiger partial charge in [0.1, 0.15) is 11.5 Å². The first-order valence-electron chi connectivity index (χ1n) is 15.7. The molecular formula is C36H41FN8. The minimum Gasteiger partial charge on any atom is -0.340 e. The molecule has 1 aliphatic heterocycles. The van der Waals surface area contributed by atoms with Crippen LogP contribution in [0.15, 0.2) is 67.7 Å². The van der Waals surface area contributed by atoms with Crippen LogP contribution in [0.4, 0.5) is 4.39 Å². The number of fused-ring (bicyclic) bond motifs is 1. The number of hydrogen-bond acceptors (Lipinski definition) is 6. The molecule has 1 fully saturated rings. The lowest BCUT2D eigenvalue weighted by atomic mass is 9.91. The number of hydrogen-bond donors (Lipinski definition) is 3. The molecule has 0 unspecified atom stereocenters. The molecule has 0 saturated carbocycles. The van der Waals surface area contributed by atoms with E-state index in [0.29, 0.717) is 17.4 Å². The third-order valence-corrected chi connectivity index (χ3v) is 8.51. The Labute approximate surface area is 263 Å². The molecule has 6 rings (SSSR count). The Kier molecular flexibility index (Phi) is 9.28. The summed E-state index contributed by atoms with van der Waals surface area (Å²) in [7, 11) is 4.09. The van der Waals surface area contributed by atoms with Gasteiger partial charge in [0.05, 0.1) is 23.1 Å². The van der Waals surface area contributed by atoms with Crippen LogP contribution < -0.4 is 5.32 Å². The molecule has 8 nitrogen and oxygen atoms in total. The standard InChI is InChI=1S/C36H41FN8/c1-5-7-30(27-15-25(17-29(37)18-27)8-6-13-45(3)4)34-23(2)41-36(42-34)35-31-19-32(40-22-33(31)43-44-35)28-16-26(20-39-21-28)14-24-9-11-38-12-10-24/h5,7,15-22,24,38H,1,6,8-14H2,2-4H3,(H,41,42)(H,43,44)/b30-7-. The van der Waals surface area contributed by atoms with Crippen LogP contribution in [0.1, 0.15) is 47.3 Å². The summed E-state index contributed by atoms with van der Waals surface area (Å²) in [6.45, 7) is 9.00. The second kappa shape index (κ2) is 13.7. The number of nitrogens with zero attached hydrogens (tertiary/aromatic N) is 5. The number of piperidine rings is 1. The summed E-state index contributed by atoms with van der Waals surface area (Å²) in [5, 5.41) is 12.1. The van der Waals surface area contributed by atoms with Crippen LogP contribution in [0.2, 0.25) is 0 Å². The summed E-state index contributed by atoms with van der Waals surface area (Å²) < 4.78 is 14.8. The second-order valence-electron chi connectivity index (χ2n) is 12.3. The Bertz CT molecular complexity index is 1830. The van der Waals surface area contributed by atoms with E-state index in [1.54, 1.807) is 18.2 Å². The molecule has 5 aromatic rings. The van der Waals surface area contributed by atoms with E-state index in [2.05, 4.69) is 49.1 Å². The topological polar surface area (TPSA) is 98.4 Å². The molecule has 5 heterocycles. The number of aryl methyl sites for hydroxylation is 2. The van der Waals surface area contributed by atoms with Crippen LogP contribution in [0.3, 0.4) is 0 Å². The van der Waals surface area contributed by atoms with Crippen molar-refractivity contribution in [2.75, 3.05) is 33.7 Å². The lowest BCUT2D eigenvalue weighted by Gasteiger charge is -2.22. The Hall–Kier alpha value is -4.47. The summed E-state index contributed by atoms with van der Waals surface area (Å²) >= 11 is 0. The number of benzene rings is 1. The van der Waals surface area contributed by atoms with Gasteiger partial charge in [-0.15, -0.1) is 0 Å². The van der Waals surface area contributed by atoms with Gasteiger partial charge in [0.2, 0.25) is 0 Å². The summed E-state index contributed by atoms with van der Waals surface area (Å²) in [4.78, 5) is 19.8. The van der Waals surface area contributed by atoms with Gasteiger partial charge in [-0.2, -0.15) is 5.10 Å². The number of imidazole rings is 1. The lowest BCUT2D eigenvalue weighted by Crippen LogP contribution is -2.28. The largest absolute Gasteiger partial charge is 0.340 e. The predicted molar refractivity (Wildman–Crippen MR) is 179 cm³/mol. The van der Waals surface area contributed by atoms with Crippen molar-refractivity contribution in [2.24, 2.45) is 5.92 Å². The Morgan fingerprint density at radius 3 is 2.71 bits per heavy atom. The molecule has 1 aliphatic rings. The van der Waals surface area contributed by atoms with E-state index in [4.69, 9.17) is 9.97 Å². The van der Waals surface area contributed by atoms with Crippen molar-refractivity contribution in [3.05, 3.63) is 102 Å². The zero-order valence-corrected chi connectivity index (χ0v) is 26.3. The molecule has 45 heavy (non-hydrogen) atoms. The summed E-state index contributed by atoms with van der Waals surface area (Å²) in [5.74, 6) is 1.04. The van der Waals surface area contributed by atoms with Crippen LogP contribution in [-0.2, 0) is 12.8 Å². The molecule has 3 N–H and O–H groups in total. The van der Waals surface area contributed by atoms with Gasteiger partial charge < -0.3 is 15.2 Å². The smallest absolute Gasteiger partial charge is 0.159 e. The van der Waals surface area contributed by atoms with E-state index < -0.39 is 0 Å². The number of aromatic amines is 2. The maximum absolute atomic E-state index is 14.8. The lowest BCUT2D eigenvalue weighted by molar-refractivity contribution is 0.372. The zero-order valence-electron chi connectivity index (χ0n) is 26.3. The Balaban J connectivity index is 1.31. The van der Waals surface area contributed by atoms with E-state index >= 15 is 0 Å². The van der Waals surface area contributed by atoms with Gasteiger partial charge in [0, 0.05) is 34.6 Å². The van der Waals surface area contributed by atoms with E-state index in [1.165, 1.54) is 18.4 Å². The van der Waals surface area contributed by atoms with Crippen LogP contribution in [0, 0.1) is 18.7 Å². The fourth-order valence-electron chi connectivity index (χ4n) is 6.23. The summed E-state index contributed by atoms with van der Waals surface area (Å²) in [6, 6.07) is 9.49. The van der Waals surface area contributed by atoms with Crippen molar-refractivity contribution in [1.29, 1.82) is 0 Å². The molecule has 4 aromatic heterocycles. The summed E-state index contributed by atoms with van der Waals surface area (Å²) in [5.41, 5.74) is 8.69. The number of halogens is 1. The summed E-state index contributed by atoms with van der Waals surface area (Å²) in [6.07, 6.45) is 14.4. The van der Waals surface area contributed by atoms with Gasteiger partial charge in [0.25, 0.3) is 0 Å². The third kappa shape index (κ3) is 7.10. The molecule has 0 aliphatic carbocycles. The minimum absolute atomic E-state index is 0.261. The number of H-pyrrole nitrogens is 2. The van der Waals surface area contributed by atoms with Gasteiger partial charge in [-0.05, 0) is 120 Å². The SMILES string of the molecule is C=C/C=C(/c1cc(F)cc(CCCN(C)C)c1)c1nc(-c2n[nH]c3cnc(-c4cncc(CC5CCNCC5)c4)cc23)[nH]c1C. The van der Waals surface area contributed by atoms with E-state index in [9.17, 15) is 4.39 Å². The number of nitrogens with one attached hydrogen (secondary N) is 3. The molecule has 232 valence electrons. The molecule has 1 saturated heterocycles. The van der Waals surface area contributed by atoms with E-state index in [0.717, 1.165) is 89.1 Å². The van der Waals surface area contributed by atoms with Crippen LogP contribution in [0.25, 0.3) is 39.3 Å². The molecule has 0 amide bonds. The van der Waals surface area contributed by atoms with Crippen LogP contribution in [-0.4, -0.2) is 68.8 Å².